The van der Waals surface area contributed by atoms with Gasteiger partial charge in [-0.1, -0.05) is 53.9 Å². The normalized spacial score (nSPS) is 33.3. The molecule has 0 aliphatic heterocycles. The molecule has 3 nitrogen and oxygen atoms in total. The summed E-state index contributed by atoms with van der Waals surface area (Å²) in [6.45, 7) is 28.0. The van der Waals surface area contributed by atoms with Crippen molar-refractivity contribution in [3.8, 4) is 0 Å². The standard InChI is InChI=1S/C27H56O3Si2/c1-20(15-13-17-26(5,6)30-31(8,9)10)24-22(28)19-21-23(16-14-18-27(21,24)7)29-32(11,12)25(2,3)4/h20-24,28H,13-19H2,1-12H3/t20-,21+,22+,23+,24-,27+/m1/s1. The fourth-order valence-corrected chi connectivity index (χ4v) is 9.96. The Kier molecular flexibility index (Phi) is 8.70. The molecule has 190 valence electrons. The summed E-state index contributed by atoms with van der Waals surface area (Å²) < 4.78 is 13.4. The molecule has 2 fully saturated rings. The number of fused-ring (bicyclic) bond motifs is 1. The van der Waals surface area contributed by atoms with Crippen molar-refractivity contribution in [1.82, 2.24) is 0 Å². The average Bonchev–Trinajstić information content (AvgIpc) is 2.82. The zero-order chi connectivity index (χ0) is 24.8. The summed E-state index contributed by atoms with van der Waals surface area (Å²) in [5.41, 5.74) is 0.159. The molecule has 2 rings (SSSR count). The van der Waals surface area contributed by atoms with Gasteiger partial charge in [0.05, 0.1) is 11.7 Å². The predicted octanol–water partition coefficient (Wildman–Crippen LogP) is 8.00. The summed E-state index contributed by atoms with van der Waals surface area (Å²) in [5, 5.41) is 11.5. The minimum Gasteiger partial charge on any atom is -0.414 e. The Balaban J connectivity index is 2.06. The summed E-state index contributed by atoms with van der Waals surface area (Å²) in [6.07, 6.45) is 8.16. The smallest absolute Gasteiger partial charge is 0.192 e. The number of hydrogen-bond donors (Lipinski definition) is 1. The highest BCUT2D eigenvalue weighted by molar-refractivity contribution is 6.74. The summed E-state index contributed by atoms with van der Waals surface area (Å²) in [5.74, 6) is 1.42. The van der Waals surface area contributed by atoms with E-state index in [0.717, 1.165) is 12.8 Å². The van der Waals surface area contributed by atoms with Gasteiger partial charge in [0.15, 0.2) is 16.6 Å². The van der Waals surface area contributed by atoms with Crippen molar-refractivity contribution in [1.29, 1.82) is 0 Å². The molecule has 0 radical (unpaired) electrons. The van der Waals surface area contributed by atoms with Gasteiger partial charge in [-0.05, 0) is 100 Å². The first-order valence-electron chi connectivity index (χ1n) is 13.4. The van der Waals surface area contributed by atoms with Crippen molar-refractivity contribution < 1.29 is 14.0 Å². The molecule has 2 saturated carbocycles. The molecule has 0 aromatic carbocycles. The van der Waals surface area contributed by atoms with Crippen LogP contribution in [0.15, 0.2) is 0 Å². The van der Waals surface area contributed by atoms with E-state index in [0.29, 0.717) is 23.9 Å². The van der Waals surface area contributed by atoms with Crippen molar-refractivity contribution in [2.45, 2.75) is 149 Å². The molecule has 6 atom stereocenters. The third-order valence-corrected chi connectivity index (χ3v) is 14.7. The van der Waals surface area contributed by atoms with Crippen LogP contribution in [0.1, 0.15) is 93.4 Å². The van der Waals surface area contributed by atoms with Gasteiger partial charge in [0.25, 0.3) is 0 Å². The molecule has 2 aliphatic rings. The van der Waals surface area contributed by atoms with Crippen LogP contribution in [0.4, 0.5) is 0 Å². The van der Waals surface area contributed by atoms with Gasteiger partial charge in [0.2, 0.25) is 0 Å². The molecule has 0 bridgehead atoms. The first-order valence-corrected chi connectivity index (χ1v) is 19.7. The third kappa shape index (κ3) is 6.71. The number of hydrogen-bond acceptors (Lipinski definition) is 3. The molecular weight excluding hydrogens is 428 g/mol. The van der Waals surface area contributed by atoms with Gasteiger partial charge in [-0.2, -0.15) is 0 Å². The second kappa shape index (κ2) is 9.75. The lowest BCUT2D eigenvalue weighted by atomic mass is 9.61. The van der Waals surface area contributed by atoms with Crippen LogP contribution in [0.5, 0.6) is 0 Å². The zero-order valence-corrected chi connectivity index (χ0v) is 25.6. The maximum atomic E-state index is 11.3. The first kappa shape index (κ1) is 28.6. The summed E-state index contributed by atoms with van der Waals surface area (Å²) in [6, 6.07) is 0. The van der Waals surface area contributed by atoms with E-state index < -0.39 is 16.6 Å². The van der Waals surface area contributed by atoms with E-state index in [2.05, 4.69) is 81.2 Å². The Morgan fingerprint density at radius 1 is 1.06 bits per heavy atom. The highest BCUT2D eigenvalue weighted by Crippen LogP contribution is 2.59. The van der Waals surface area contributed by atoms with E-state index in [1.54, 1.807) is 0 Å². The quantitative estimate of drug-likeness (QED) is 0.337. The van der Waals surface area contributed by atoms with Crippen LogP contribution in [0.2, 0.25) is 37.8 Å². The number of aliphatic hydroxyl groups excluding tert-OH is 1. The lowest BCUT2D eigenvalue weighted by Gasteiger charge is -2.49. The van der Waals surface area contributed by atoms with E-state index in [1.165, 1.54) is 32.1 Å². The molecule has 0 spiro atoms. The van der Waals surface area contributed by atoms with Crippen molar-refractivity contribution >= 4 is 16.6 Å². The third-order valence-electron chi connectivity index (χ3n) is 9.06. The summed E-state index contributed by atoms with van der Waals surface area (Å²) >= 11 is 0. The Morgan fingerprint density at radius 3 is 2.19 bits per heavy atom. The fourth-order valence-electron chi connectivity index (χ4n) is 6.81. The van der Waals surface area contributed by atoms with Gasteiger partial charge < -0.3 is 14.0 Å². The monoisotopic (exact) mass is 484 g/mol. The topological polar surface area (TPSA) is 38.7 Å². The highest BCUT2D eigenvalue weighted by Gasteiger charge is 2.57. The van der Waals surface area contributed by atoms with E-state index in [4.69, 9.17) is 8.85 Å². The molecule has 32 heavy (non-hydrogen) atoms. The second-order valence-electron chi connectivity index (χ2n) is 14.6. The van der Waals surface area contributed by atoms with Crippen molar-refractivity contribution in [2.75, 3.05) is 0 Å². The number of aliphatic hydroxyl groups is 1. The van der Waals surface area contributed by atoms with Gasteiger partial charge in [-0.3, -0.25) is 0 Å². The Labute approximate surface area is 202 Å². The summed E-state index contributed by atoms with van der Waals surface area (Å²) in [7, 11) is -3.34. The van der Waals surface area contributed by atoms with Gasteiger partial charge in [-0.25, -0.2) is 0 Å². The van der Waals surface area contributed by atoms with Gasteiger partial charge in [-0.15, -0.1) is 0 Å². The Hall–Kier alpha value is 0.314. The first-order chi connectivity index (χ1) is 14.3. The van der Waals surface area contributed by atoms with Crippen molar-refractivity contribution in [3.05, 3.63) is 0 Å². The predicted molar refractivity (Wildman–Crippen MR) is 143 cm³/mol. The lowest BCUT2D eigenvalue weighted by molar-refractivity contribution is -0.0308. The minimum absolute atomic E-state index is 0.0438. The molecule has 0 heterocycles. The molecule has 1 N–H and O–H groups in total. The van der Waals surface area contributed by atoms with E-state index in [9.17, 15) is 5.11 Å². The molecule has 0 aromatic rings. The average molecular weight is 485 g/mol. The highest BCUT2D eigenvalue weighted by atomic mass is 28.4. The molecule has 0 amide bonds. The minimum atomic E-state index is -1.81. The van der Waals surface area contributed by atoms with Crippen LogP contribution < -0.4 is 0 Å². The lowest BCUT2D eigenvalue weighted by Crippen LogP contribution is -2.50. The van der Waals surface area contributed by atoms with E-state index in [1.807, 2.05) is 0 Å². The zero-order valence-electron chi connectivity index (χ0n) is 23.6. The van der Waals surface area contributed by atoms with Crippen LogP contribution >= 0.6 is 0 Å². The largest absolute Gasteiger partial charge is 0.414 e. The maximum absolute atomic E-state index is 11.3. The van der Waals surface area contributed by atoms with Crippen LogP contribution in [-0.2, 0) is 8.85 Å². The van der Waals surface area contributed by atoms with Gasteiger partial charge >= 0.3 is 0 Å². The molecule has 2 aliphatic carbocycles. The van der Waals surface area contributed by atoms with Crippen LogP contribution in [0.3, 0.4) is 0 Å². The van der Waals surface area contributed by atoms with E-state index in [-0.39, 0.29) is 22.2 Å². The van der Waals surface area contributed by atoms with Crippen molar-refractivity contribution in [3.63, 3.8) is 0 Å². The second-order valence-corrected chi connectivity index (χ2v) is 23.8. The molecule has 0 saturated heterocycles. The van der Waals surface area contributed by atoms with Gasteiger partial charge in [0, 0.05) is 6.10 Å². The summed E-state index contributed by atoms with van der Waals surface area (Å²) in [4.78, 5) is 0. The van der Waals surface area contributed by atoms with Crippen LogP contribution in [0.25, 0.3) is 0 Å². The molecule has 0 unspecified atom stereocenters. The molecule has 5 heteroatoms. The fraction of sp³-hybridized carbons (Fsp3) is 1.00. The number of rotatable bonds is 9. The van der Waals surface area contributed by atoms with E-state index >= 15 is 0 Å². The SMILES string of the molecule is C[C@H](CCCC(C)(C)O[Si](C)(C)C)[C@@H]1[C@@H](O)C[C@H]2[C@@H](O[Si](C)(C)C(C)(C)C)CCC[C@]12C. The molecular formula is C27H56O3Si2. The Bertz CT molecular complexity index is 619. The van der Waals surface area contributed by atoms with Crippen LogP contribution in [-0.4, -0.2) is 39.6 Å². The van der Waals surface area contributed by atoms with Crippen molar-refractivity contribution in [2.24, 2.45) is 23.2 Å². The Morgan fingerprint density at radius 2 is 1.66 bits per heavy atom. The molecule has 0 aromatic heterocycles. The van der Waals surface area contributed by atoms with Crippen LogP contribution in [0, 0.1) is 23.2 Å². The van der Waals surface area contributed by atoms with Gasteiger partial charge in [0.1, 0.15) is 0 Å². The maximum Gasteiger partial charge on any atom is 0.192 e.